The fourth-order valence-electron chi connectivity index (χ4n) is 2.41. The Kier molecular flexibility index (Phi) is 2.92. The average molecular weight is 212 g/mol. The number of carbonyl (C=O) groups is 1. The van der Waals surface area contributed by atoms with E-state index in [-0.39, 0.29) is 22.2 Å². The van der Waals surface area contributed by atoms with Crippen molar-refractivity contribution in [2.24, 2.45) is 16.2 Å². The molecule has 0 radical (unpaired) electrons. The summed E-state index contributed by atoms with van der Waals surface area (Å²) in [5, 5.41) is 0. The predicted molar refractivity (Wildman–Crippen MR) is 61.5 cm³/mol. The summed E-state index contributed by atoms with van der Waals surface area (Å²) in [5.74, 6) is -0.0122. The molecule has 0 N–H and O–H groups in total. The van der Waals surface area contributed by atoms with Gasteiger partial charge in [-0.2, -0.15) is 0 Å². The van der Waals surface area contributed by atoms with Gasteiger partial charge in [-0.05, 0) is 30.6 Å². The Labute approximate surface area is 93.4 Å². The molecule has 1 aliphatic rings. The summed E-state index contributed by atoms with van der Waals surface area (Å²) in [5.41, 5.74) is -0.0156. The van der Waals surface area contributed by atoms with E-state index in [9.17, 15) is 4.79 Å². The number of hydrogen-bond acceptors (Lipinski definition) is 2. The third-order valence-electron chi connectivity index (χ3n) is 4.34. The van der Waals surface area contributed by atoms with Gasteiger partial charge in [-0.3, -0.25) is 4.79 Å². The molecule has 2 heteroatoms. The van der Waals surface area contributed by atoms with Crippen molar-refractivity contribution in [3.8, 4) is 0 Å². The van der Waals surface area contributed by atoms with Crippen LogP contribution in [0.5, 0.6) is 0 Å². The molecule has 0 spiro atoms. The number of carbonyl (C=O) groups excluding carboxylic acids is 1. The molecule has 0 aromatic carbocycles. The van der Waals surface area contributed by atoms with Crippen molar-refractivity contribution < 1.29 is 9.53 Å². The van der Waals surface area contributed by atoms with Crippen LogP contribution in [0.1, 0.15) is 54.4 Å². The Balaban J connectivity index is 2.70. The summed E-state index contributed by atoms with van der Waals surface area (Å²) in [7, 11) is 0. The molecule has 1 fully saturated rings. The number of esters is 1. The molecule has 0 saturated heterocycles. The Bertz CT molecular complexity index is 264. The van der Waals surface area contributed by atoms with Crippen LogP contribution in [0.4, 0.5) is 0 Å². The molecule has 1 saturated carbocycles. The van der Waals surface area contributed by atoms with Gasteiger partial charge < -0.3 is 4.74 Å². The van der Waals surface area contributed by atoms with Crippen molar-refractivity contribution in [1.82, 2.24) is 0 Å². The fourth-order valence-corrected chi connectivity index (χ4v) is 2.41. The molecule has 0 aromatic rings. The molecule has 2 atom stereocenters. The standard InChI is InChI=1S/C13H24O2/c1-7-8-15-10(14)12(5)9-13(12,6)11(2,3)4/h7-9H2,1-6H3. The second-order valence-electron chi connectivity index (χ2n) is 6.23. The Morgan fingerprint density at radius 1 is 1.33 bits per heavy atom. The maximum Gasteiger partial charge on any atom is 0.312 e. The molecule has 15 heavy (non-hydrogen) atoms. The van der Waals surface area contributed by atoms with Crippen molar-refractivity contribution >= 4 is 5.97 Å². The van der Waals surface area contributed by atoms with Crippen molar-refractivity contribution in [2.75, 3.05) is 6.61 Å². The SMILES string of the molecule is CCCOC(=O)C1(C)CC1(C)C(C)(C)C. The van der Waals surface area contributed by atoms with E-state index in [1.165, 1.54) is 0 Å². The minimum Gasteiger partial charge on any atom is -0.465 e. The monoisotopic (exact) mass is 212 g/mol. The first kappa shape index (κ1) is 12.5. The van der Waals surface area contributed by atoms with Gasteiger partial charge in [0.2, 0.25) is 0 Å². The Hall–Kier alpha value is -0.530. The molecule has 0 heterocycles. The van der Waals surface area contributed by atoms with E-state index in [0.717, 1.165) is 12.8 Å². The van der Waals surface area contributed by atoms with Crippen molar-refractivity contribution in [2.45, 2.75) is 54.4 Å². The number of hydrogen-bond donors (Lipinski definition) is 0. The molecule has 2 unspecified atom stereocenters. The second-order valence-corrected chi connectivity index (χ2v) is 6.23. The van der Waals surface area contributed by atoms with E-state index < -0.39 is 0 Å². The summed E-state index contributed by atoms with van der Waals surface area (Å²) in [6, 6.07) is 0. The minimum atomic E-state index is -0.263. The van der Waals surface area contributed by atoms with Gasteiger partial charge in [0.1, 0.15) is 0 Å². The third-order valence-corrected chi connectivity index (χ3v) is 4.34. The Morgan fingerprint density at radius 2 is 1.87 bits per heavy atom. The van der Waals surface area contributed by atoms with Crippen molar-refractivity contribution in [3.63, 3.8) is 0 Å². The second kappa shape index (κ2) is 3.50. The van der Waals surface area contributed by atoms with Crippen LogP contribution in [0.2, 0.25) is 0 Å². The molecule has 0 amide bonds. The van der Waals surface area contributed by atoms with Crippen LogP contribution in [-0.2, 0) is 9.53 Å². The first-order valence-corrected chi connectivity index (χ1v) is 5.86. The molecule has 0 bridgehead atoms. The van der Waals surface area contributed by atoms with Crippen molar-refractivity contribution in [1.29, 1.82) is 0 Å². The first-order chi connectivity index (χ1) is 6.69. The van der Waals surface area contributed by atoms with Crippen LogP contribution < -0.4 is 0 Å². The zero-order valence-electron chi connectivity index (χ0n) is 10.9. The van der Waals surface area contributed by atoms with Gasteiger partial charge in [0.15, 0.2) is 0 Å². The van der Waals surface area contributed by atoms with Gasteiger partial charge in [0, 0.05) is 0 Å². The molecular formula is C13H24O2. The summed E-state index contributed by atoms with van der Waals surface area (Å²) in [6.07, 6.45) is 1.85. The quantitative estimate of drug-likeness (QED) is 0.670. The average Bonchev–Trinajstić information content (AvgIpc) is 2.68. The lowest BCUT2D eigenvalue weighted by Gasteiger charge is -2.31. The topological polar surface area (TPSA) is 26.3 Å². The van der Waals surface area contributed by atoms with Gasteiger partial charge in [0.25, 0.3) is 0 Å². The highest BCUT2D eigenvalue weighted by Gasteiger charge is 2.71. The smallest absolute Gasteiger partial charge is 0.312 e. The zero-order valence-corrected chi connectivity index (χ0v) is 10.9. The highest BCUT2D eigenvalue weighted by molar-refractivity contribution is 5.81. The highest BCUT2D eigenvalue weighted by atomic mass is 16.5. The molecular weight excluding hydrogens is 188 g/mol. The largest absolute Gasteiger partial charge is 0.465 e. The van der Waals surface area contributed by atoms with Crippen molar-refractivity contribution in [3.05, 3.63) is 0 Å². The van der Waals surface area contributed by atoms with E-state index in [2.05, 4.69) is 27.7 Å². The molecule has 0 aliphatic heterocycles. The van der Waals surface area contributed by atoms with E-state index in [1.807, 2.05) is 13.8 Å². The van der Waals surface area contributed by atoms with Crippen LogP contribution >= 0.6 is 0 Å². The summed E-state index contributed by atoms with van der Waals surface area (Å²) >= 11 is 0. The van der Waals surface area contributed by atoms with Gasteiger partial charge in [-0.1, -0.05) is 34.6 Å². The van der Waals surface area contributed by atoms with E-state index >= 15 is 0 Å². The van der Waals surface area contributed by atoms with Crippen LogP contribution in [0.15, 0.2) is 0 Å². The van der Waals surface area contributed by atoms with E-state index in [0.29, 0.717) is 6.61 Å². The minimum absolute atomic E-state index is 0.0122. The number of rotatable bonds is 3. The molecule has 88 valence electrons. The molecule has 0 aromatic heterocycles. The lowest BCUT2D eigenvalue weighted by atomic mass is 9.74. The lowest BCUT2D eigenvalue weighted by molar-refractivity contribution is -0.152. The molecule has 1 rings (SSSR count). The number of ether oxygens (including phenoxy) is 1. The maximum absolute atomic E-state index is 11.9. The third kappa shape index (κ3) is 1.79. The first-order valence-electron chi connectivity index (χ1n) is 5.86. The van der Waals surface area contributed by atoms with Gasteiger partial charge in [0.05, 0.1) is 12.0 Å². The lowest BCUT2D eigenvalue weighted by Crippen LogP contribution is -2.30. The fraction of sp³-hybridized carbons (Fsp3) is 0.923. The summed E-state index contributed by atoms with van der Waals surface area (Å²) in [4.78, 5) is 11.9. The van der Waals surface area contributed by atoms with E-state index in [1.54, 1.807) is 0 Å². The van der Waals surface area contributed by atoms with Crippen LogP contribution in [0, 0.1) is 16.2 Å². The van der Waals surface area contributed by atoms with Gasteiger partial charge in [-0.25, -0.2) is 0 Å². The zero-order chi connectivity index (χ0) is 11.9. The van der Waals surface area contributed by atoms with Crippen LogP contribution in [0.3, 0.4) is 0 Å². The summed E-state index contributed by atoms with van der Waals surface area (Å²) in [6.45, 7) is 13.4. The normalized spacial score (nSPS) is 35.1. The van der Waals surface area contributed by atoms with Crippen LogP contribution in [-0.4, -0.2) is 12.6 Å². The maximum atomic E-state index is 11.9. The Morgan fingerprint density at radius 3 is 2.20 bits per heavy atom. The van der Waals surface area contributed by atoms with Gasteiger partial charge in [-0.15, -0.1) is 0 Å². The molecule has 1 aliphatic carbocycles. The van der Waals surface area contributed by atoms with Crippen LogP contribution in [0.25, 0.3) is 0 Å². The van der Waals surface area contributed by atoms with Gasteiger partial charge >= 0.3 is 5.97 Å². The highest BCUT2D eigenvalue weighted by Crippen LogP contribution is 2.71. The predicted octanol–water partition coefficient (Wildman–Crippen LogP) is 3.40. The molecule has 2 nitrogen and oxygen atoms in total. The summed E-state index contributed by atoms with van der Waals surface area (Å²) < 4.78 is 5.27. The van der Waals surface area contributed by atoms with E-state index in [4.69, 9.17) is 4.74 Å².